The number of halogens is 2. The van der Waals surface area contributed by atoms with Gasteiger partial charge in [-0.15, -0.1) is 22.7 Å². The normalized spacial score (nSPS) is 12.0. The van der Waals surface area contributed by atoms with Crippen molar-refractivity contribution in [2.24, 2.45) is 0 Å². The van der Waals surface area contributed by atoms with Crippen molar-refractivity contribution >= 4 is 66.9 Å². The van der Waals surface area contributed by atoms with Gasteiger partial charge in [0.25, 0.3) is 5.91 Å². The van der Waals surface area contributed by atoms with E-state index in [0.29, 0.717) is 30.6 Å². The van der Waals surface area contributed by atoms with Crippen molar-refractivity contribution in [3.05, 3.63) is 49.9 Å². The average Bonchev–Trinajstić information content (AvgIpc) is 3.26. The molecule has 1 aromatic carbocycles. The van der Waals surface area contributed by atoms with Crippen LogP contribution < -0.4 is 5.32 Å². The summed E-state index contributed by atoms with van der Waals surface area (Å²) in [5.41, 5.74) is 1.66. The van der Waals surface area contributed by atoms with Gasteiger partial charge in [-0.2, -0.15) is 4.31 Å². The summed E-state index contributed by atoms with van der Waals surface area (Å²) in [4.78, 5) is 17.0. The Hall–Kier alpha value is -1.49. The lowest BCUT2D eigenvalue weighted by molar-refractivity contribution is 0.102. The van der Waals surface area contributed by atoms with Crippen molar-refractivity contribution in [2.45, 2.75) is 24.8 Å². The smallest absolute Gasteiger partial charge is 0.257 e. The van der Waals surface area contributed by atoms with Gasteiger partial charge in [0.05, 0.1) is 14.9 Å². The largest absolute Gasteiger partial charge is 0.298 e. The number of sulfonamides is 1. The second-order valence-electron chi connectivity index (χ2n) is 6.37. The third-order valence-electron chi connectivity index (χ3n) is 4.18. The SMILES string of the molecule is CC(C)N(C)S(=O)(=O)c1ccc(C(=O)Nc2nc(-c3cc(Cl)sc3Cl)cs2)cc1. The van der Waals surface area contributed by atoms with E-state index in [1.165, 1.54) is 58.3 Å². The van der Waals surface area contributed by atoms with Gasteiger partial charge in [-0.3, -0.25) is 10.1 Å². The molecule has 3 aromatic rings. The standard InChI is InChI=1S/C18H17Cl2N3O3S3/c1-10(2)23(3)29(25,26)12-6-4-11(5-7-12)17(24)22-18-21-14(9-27-18)13-8-15(19)28-16(13)20/h4-10H,1-3H3,(H,21,22,24). The minimum Gasteiger partial charge on any atom is -0.298 e. The van der Waals surface area contributed by atoms with Crippen LogP contribution in [0.15, 0.2) is 40.6 Å². The molecule has 0 saturated carbocycles. The molecule has 0 aliphatic heterocycles. The van der Waals surface area contributed by atoms with E-state index >= 15 is 0 Å². The van der Waals surface area contributed by atoms with Crippen molar-refractivity contribution in [2.75, 3.05) is 12.4 Å². The van der Waals surface area contributed by atoms with Gasteiger partial charge in [-0.25, -0.2) is 13.4 Å². The molecule has 2 heterocycles. The van der Waals surface area contributed by atoms with Crippen molar-refractivity contribution < 1.29 is 13.2 Å². The van der Waals surface area contributed by atoms with Crippen LogP contribution in [0.25, 0.3) is 11.3 Å². The summed E-state index contributed by atoms with van der Waals surface area (Å²) in [5, 5.41) is 4.89. The number of carbonyl (C=O) groups is 1. The number of thiazole rings is 1. The zero-order valence-corrected chi connectivity index (χ0v) is 19.6. The molecule has 2 aromatic heterocycles. The van der Waals surface area contributed by atoms with Crippen LogP contribution in [0.5, 0.6) is 0 Å². The zero-order valence-electron chi connectivity index (χ0n) is 15.6. The summed E-state index contributed by atoms with van der Waals surface area (Å²) in [6.07, 6.45) is 0. The fourth-order valence-electron chi connectivity index (χ4n) is 2.36. The molecule has 1 N–H and O–H groups in total. The van der Waals surface area contributed by atoms with Crippen LogP contribution in [-0.4, -0.2) is 36.7 Å². The van der Waals surface area contributed by atoms with E-state index in [1.807, 2.05) is 0 Å². The minimum atomic E-state index is -3.60. The Balaban J connectivity index is 1.74. The molecule has 154 valence electrons. The second-order valence-corrected chi connectivity index (χ2v) is 11.5. The van der Waals surface area contributed by atoms with Gasteiger partial charge < -0.3 is 0 Å². The summed E-state index contributed by atoms with van der Waals surface area (Å²) in [6, 6.07) is 7.34. The summed E-state index contributed by atoms with van der Waals surface area (Å²) in [6.45, 7) is 3.58. The molecular formula is C18H17Cl2N3O3S3. The highest BCUT2D eigenvalue weighted by Crippen LogP contribution is 2.39. The molecule has 0 atom stereocenters. The summed E-state index contributed by atoms with van der Waals surface area (Å²) in [5.74, 6) is -0.387. The number of nitrogens with zero attached hydrogens (tertiary/aromatic N) is 2. The monoisotopic (exact) mass is 489 g/mol. The van der Waals surface area contributed by atoms with Crippen LogP contribution in [0.1, 0.15) is 24.2 Å². The average molecular weight is 490 g/mol. The number of thiophene rings is 1. The number of rotatable bonds is 6. The molecule has 1 amide bonds. The van der Waals surface area contributed by atoms with E-state index in [4.69, 9.17) is 23.2 Å². The predicted octanol–water partition coefficient (Wildman–Crippen LogP) is 5.46. The topological polar surface area (TPSA) is 79.4 Å². The Labute approximate surface area is 187 Å². The molecule has 6 nitrogen and oxygen atoms in total. The summed E-state index contributed by atoms with van der Waals surface area (Å²) >= 11 is 14.6. The maximum atomic E-state index is 12.5. The minimum absolute atomic E-state index is 0.130. The first-order chi connectivity index (χ1) is 13.6. The van der Waals surface area contributed by atoms with E-state index in [2.05, 4.69) is 10.3 Å². The maximum Gasteiger partial charge on any atom is 0.257 e. The second kappa shape index (κ2) is 8.71. The lowest BCUT2D eigenvalue weighted by Crippen LogP contribution is -2.33. The van der Waals surface area contributed by atoms with Crippen molar-refractivity contribution in [3.8, 4) is 11.3 Å². The van der Waals surface area contributed by atoms with Gasteiger partial charge >= 0.3 is 0 Å². The summed E-state index contributed by atoms with van der Waals surface area (Å²) in [7, 11) is -2.08. The number of carbonyl (C=O) groups excluding carboxylic acids is 1. The van der Waals surface area contributed by atoms with Crippen LogP contribution >= 0.6 is 45.9 Å². The number of amides is 1. The van der Waals surface area contributed by atoms with Crippen LogP contribution in [0, 0.1) is 0 Å². The predicted molar refractivity (Wildman–Crippen MR) is 120 cm³/mol. The number of benzene rings is 1. The zero-order chi connectivity index (χ0) is 21.3. The van der Waals surface area contributed by atoms with E-state index in [9.17, 15) is 13.2 Å². The number of hydrogen-bond acceptors (Lipinski definition) is 6. The number of nitrogens with one attached hydrogen (secondary N) is 1. The molecule has 0 unspecified atom stereocenters. The molecule has 0 saturated heterocycles. The van der Waals surface area contributed by atoms with E-state index in [-0.39, 0.29) is 16.8 Å². The Bertz CT molecular complexity index is 1140. The van der Waals surface area contributed by atoms with Gasteiger partial charge in [-0.05, 0) is 44.2 Å². The van der Waals surface area contributed by atoms with Gasteiger partial charge in [0.2, 0.25) is 10.0 Å². The molecule has 3 rings (SSSR count). The Morgan fingerprint density at radius 2 is 1.86 bits per heavy atom. The lowest BCUT2D eigenvalue weighted by Gasteiger charge is -2.20. The first kappa shape index (κ1) is 22.2. The molecule has 0 bridgehead atoms. The molecule has 11 heteroatoms. The van der Waals surface area contributed by atoms with E-state index in [0.717, 1.165) is 0 Å². The maximum absolute atomic E-state index is 12.5. The number of anilines is 1. The number of aromatic nitrogens is 1. The quantitative estimate of drug-likeness (QED) is 0.498. The van der Waals surface area contributed by atoms with Crippen LogP contribution in [0.3, 0.4) is 0 Å². The third kappa shape index (κ3) is 4.82. The fourth-order valence-corrected chi connectivity index (χ4v) is 5.92. The number of hydrogen-bond donors (Lipinski definition) is 1. The van der Waals surface area contributed by atoms with Crippen molar-refractivity contribution in [1.82, 2.24) is 9.29 Å². The molecule has 0 aliphatic rings. The highest BCUT2D eigenvalue weighted by Gasteiger charge is 2.23. The van der Waals surface area contributed by atoms with Gasteiger partial charge in [-0.1, -0.05) is 23.2 Å². The molecule has 29 heavy (non-hydrogen) atoms. The molecular weight excluding hydrogens is 473 g/mol. The Morgan fingerprint density at radius 1 is 1.21 bits per heavy atom. The molecule has 0 radical (unpaired) electrons. The Morgan fingerprint density at radius 3 is 2.41 bits per heavy atom. The van der Waals surface area contributed by atoms with Gasteiger partial charge in [0.1, 0.15) is 4.34 Å². The summed E-state index contributed by atoms with van der Waals surface area (Å²) < 4.78 is 27.4. The molecule has 0 spiro atoms. The van der Waals surface area contributed by atoms with Crippen LogP contribution in [0.4, 0.5) is 5.13 Å². The van der Waals surface area contributed by atoms with Crippen LogP contribution in [-0.2, 0) is 10.0 Å². The van der Waals surface area contributed by atoms with Gasteiger partial charge in [0, 0.05) is 29.6 Å². The third-order valence-corrected chi connectivity index (χ3v) is 8.47. The first-order valence-electron chi connectivity index (χ1n) is 8.39. The van der Waals surface area contributed by atoms with E-state index in [1.54, 1.807) is 25.3 Å². The fraction of sp³-hybridized carbons (Fsp3) is 0.222. The van der Waals surface area contributed by atoms with E-state index < -0.39 is 10.0 Å². The highest BCUT2D eigenvalue weighted by atomic mass is 35.5. The van der Waals surface area contributed by atoms with Crippen molar-refractivity contribution in [1.29, 1.82) is 0 Å². The van der Waals surface area contributed by atoms with Crippen molar-refractivity contribution in [3.63, 3.8) is 0 Å². The Kier molecular flexibility index (Phi) is 6.67. The molecule has 0 aliphatic carbocycles. The lowest BCUT2D eigenvalue weighted by atomic mass is 10.2. The highest BCUT2D eigenvalue weighted by molar-refractivity contribution is 7.89. The van der Waals surface area contributed by atoms with Crippen LogP contribution in [0.2, 0.25) is 8.67 Å². The first-order valence-corrected chi connectivity index (χ1v) is 12.3. The molecule has 0 fully saturated rings. The van der Waals surface area contributed by atoms with Gasteiger partial charge in [0.15, 0.2) is 5.13 Å².